The zero-order valence-corrected chi connectivity index (χ0v) is 8.54. The molecule has 0 spiro atoms. The molecule has 4 heteroatoms. The summed E-state index contributed by atoms with van der Waals surface area (Å²) in [5.41, 5.74) is 5.08. The summed E-state index contributed by atoms with van der Waals surface area (Å²) in [6.07, 6.45) is 0.594. The van der Waals surface area contributed by atoms with Crippen LogP contribution in [0.3, 0.4) is 0 Å². The average Bonchev–Trinajstić information content (AvgIpc) is 1.81. The number of aliphatic hydroxyl groups is 1. The Bertz CT molecular complexity index is 163. The molecular formula is C9H19NO3. The van der Waals surface area contributed by atoms with Crippen molar-refractivity contribution >= 4 is 5.97 Å². The van der Waals surface area contributed by atoms with Gasteiger partial charge in [-0.1, -0.05) is 0 Å². The van der Waals surface area contributed by atoms with E-state index in [1.165, 1.54) is 0 Å². The molecule has 0 fully saturated rings. The normalized spacial score (nSPS) is 13.9. The molecule has 0 unspecified atom stereocenters. The van der Waals surface area contributed by atoms with Gasteiger partial charge in [-0.05, 0) is 27.2 Å². The van der Waals surface area contributed by atoms with Crippen molar-refractivity contribution in [1.82, 2.24) is 0 Å². The van der Waals surface area contributed by atoms with Gasteiger partial charge in [0.15, 0.2) is 0 Å². The molecule has 0 aromatic heterocycles. The van der Waals surface area contributed by atoms with Gasteiger partial charge in [-0.15, -0.1) is 0 Å². The van der Waals surface area contributed by atoms with Crippen LogP contribution in [0.2, 0.25) is 0 Å². The largest absolute Gasteiger partial charge is 0.460 e. The molecular weight excluding hydrogens is 170 g/mol. The first-order valence-electron chi connectivity index (χ1n) is 4.43. The summed E-state index contributed by atoms with van der Waals surface area (Å²) in [5.74, 6) is -0.312. The van der Waals surface area contributed by atoms with Gasteiger partial charge in [-0.2, -0.15) is 0 Å². The fourth-order valence-corrected chi connectivity index (χ4v) is 0.865. The van der Waals surface area contributed by atoms with Gasteiger partial charge in [-0.25, -0.2) is 0 Å². The lowest BCUT2D eigenvalue weighted by atomic mass is 10.1. The number of rotatable bonds is 4. The molecule has 0 aliphatic rings. The Labute approximate surface area is 79.1 Å². The van der Waals surface area contributed by atoms with Crippen molar-refractivity contribution in [1.29, 1.82) is 0 Å². The lowest BCUT2D eigenvalue weighted by molar-refractivity contribution is -0.155. The van der Waals surface area contributed by atoms with E-state index < -0.39 is 5.60 Å². The van der Waals surface area contributed by atoms with E-state index in [2.05, 4.69) is 0 Å². The number of aliphatic hydroxyl groups excluding tert-OH is 1. The molecule has 0 aromatic rings. The van der Waals surface area contributed by atoms with Crippen LogP contribution in [0.15, 0.2) is 0 Å². The molecule has 0 amide bonds. The third kappa shape index (κ3) is 7.74. The minimum absolute atomic E-state index is 0.00393. The van der Waals surface area contributed by atoms with E-state index in [0.717, 1.165) is 0 Å². The number of hydrogen-bond acceptors (Lipinski definition) is 4. The highest BCUT2D eigenvalue weighted by atomic mass is 16.6. The topological polar surface area (TPSA) is 72.5 Å². The molecule has 4 nitrogen and oxygen atoms in total. The molecule has 0 aromatic carbocycles. The number of hydrogen-bond donors (Lipinski definition) is 2. The van der Waals surface area contributed by atoms with E-state index in [4.69, 9.17) is 15.6 Å². The van der Waals surface area contributed by atoms with Gasteiger partial charge < -0.3 is 15.6 Å². The van der Waals surface area contributed by atoms with Crippen molar-refractivity contribution in [3.05, 3.63) is 0 Å². The number of ether oxygens (including phenoxy) is 1. The second kappa shape index (κ2) is 5.19. The summed E-state index contributed by atoms with van der Waals surface area (Å²) >= 11 is 0. The fourth-order valence-electron chi connectivity index (χ4n) is 0.865. The summed E-state index contributed by atoms with van der Waals surface area (Å²) in [7, 11) is 0. The molecule has 0 radical (unpaired) electrons. The second-order valence-corrected chi connectivity index (χ2v) is 4.06. The van der Waals surface area contributed by atoms with E-state index in [9.17, 15) is 4.79 Å². The zero-order chi connectivity index (χ0) is 10.5. The van der Waals surface area contributed by atoms with Gasteiger partial charge in [0.2, 0.25) is 0 Å². The average molecular weight is 189 g/mol. The van der Waals surface area contributed by atoms with Gasteiger partial charge in [-0.3, -0.25) is 4.79 Å². The third-order valence-electron chi connectivity index (χ3n) is 1.35. The van der Waals surface area contributed by atoms with Crippen LogP contribution in [-0.2, 0) is 9.53 Å². The Kier molecular flexibility index (Phi) is 4.95. The maximum absolute atomic E-state index is 11.2. The predicted molar refractivity (Wildman–Crippen MR) is 50.1 cm³/mol. The Hall–Kier alpha value is -0.610. The van der Waals surface area contributed by atoms with Gasteiger partial charge in [0, 0.05) is 12.6 Å². The maximum Gasteiger partial charge on any atom is 0.307 e. The van der Waals surface area contributed by atoms with Crippen LogP contribution in [0, 0.1) is 0 Å². The molecule has 0 aliphatic carbocycles. The van der Waals surface area contributed by atoms with E-state index in [1.54, 1.807) is 0 Å². The monoisotopic (exact) mass is 189 g/mol. The molecule has 0 heterocycles. The molecule has 0 saturated heterocycles. The van der Waals surface area contributed by atoms with Crippen LogP contribution >= 0.6 is 0 Å². The van der Waals surface area contributed by atoms with Crippen LogP contribution < -0.4 is 5.73 Å². The van der Waals surface area contributed by atoms with Crippen molar-refractivity contribution in [3.8, 4) is 0 Å². The number of carbonyl (C=O) groups is 1. The Morgan fingerprint density at radius 1 is 1.54 bits per heavy atom. The van der Waals surface area contributed by atoms with E-state index in [-0.39, 0.29) is 25.0 Å². The molecule has 13 heavy (non-hydrogen) atoms. The van der Waals surface area contributed by atoms with Gasteiger partial charge in [0.05, 0.1) is 6.42 Å². The Balaban J connectivity index is 3.74. The SMILES string of the molecule is CC(C)(C)OC(=O)C[C@@H](N)CCO. The van der Waals surface area contributed by atoms with Crippen molar-refractivity contribution in [2.24, 2.45) is 5.73 Å². The van der Waals surface area contributed by atoms with Crippen LogP contribution in [0.1, 0.15) is 33.6 Å². The highest BCUT2D eigenvalue weighted by Crippen LogP contribution is 2.09. The number of esters is 1. The lowest BCUT2D eigenvalue weighted by Gasteiger charge is -2.20. The van der Waals surface area contributed by atoms with Gasteiger partial charge >= 0.3 is 5.97 Å². The highest BCUT2D eigenvalue weighted by molar-refractivity contribution is 5.70. The minimum atomic E-state index is -0.462. The lowest BCUT2D eigenvalue weighted by Crippen LogP contribution is -2.30. The molecule has 0 rings (SSSR count). The molecule has 3 N–H and O–H groups in total. The molecule has 0 bridgehead atoms. The first kappa shape index (κ1) is 12.4. The second-order valence-electron chi connectivity index (χ2n) is 4.06. The summed E-state index contributed by atoms with van der Waals surface area (Å²) in [6.45, 7) is 5.43. The van der Waals surface area contributed by atoms with E-state index in [0.29, 0.717) is 6.42 Å². The summed E-state index contributed by atoms with van der Waals surface area (Å²) in [4.78, 5) is 11.2. The smallest absolute Gasteiger partial charge is 0.307 e. The van der Waals surface area contributed by atoms with Gasteiger partial charge in [0.1, 0.15) is 5.60 Å². The van der Waals surface area contributed by atoms with Crippen molar-refractivity contribution in [2.45, 2.75) is 45.3 Å². The molecule has 0 saturated carbocycles. The van der Waals surface area contributed by atoms with Gasteiger partial charge in [0.25, 0.3) is 0 Å². The number of nitrogens with two attached hydrogens (primary N) is 1. The standard InChI is InChI=1S/C9H19NO3/c1-9(2,3)13-8(12)6-7(10)4-5-11/h7,11H,4-6,10H2,1-3H3/t7-/m0/s1. The summed E-state index contributed by atoms with van der Waals surface area (Å²) in [5, 5.41) is 8.55. The van der Waals surface area contributed by atoms with Crippen molar-refractivity contribution in [3.63, 3.8) is 0 Å². The first-order chi connectivity index (χ1) is 5.85. The van der Waals surface area contributed by atoms with Crippen LogP contribution in [0.25, 0.3) is 0 Å². The molecule has 0 aliphatic heterocycles. The predicted octanol–water partition coefficient (Wildman–Crippen LogP) is 0.428. The Morgan fingerprint density at radius 3 is 2.46 bits per heavy atom. The van der Waals surface area contributed by atoms with Crippen LogP contribution in [-0.4, -0.2) is 29.3 Å². The Morgan fingerprint density at radius 2 is 2.08 bits per heavy atom. The highest BCUT2D eigenvalue weighted by Gasteiger charge is 2.18. The number of carbonyl (C=O) groups excluding carboxylic acids is 1. The summed E-state index contributed by atoms with van der Waals surface area (Å²) in [6, 6.07) is -0.306. The molecule has 1 atom stereocenters. The van der Waals surface area contributed by atoms with Crippen molar-refractivity contribution in [2.75, 3.05) is 6.61 Å². The minimum Gasteiger partial charge on any atom is -0.460 e. The quantitative estimate of drug-likeness (QED) is 0.629. The van der Waals surface area contributed by atoms with Crippen molar-refractivity contribution < 1.29 is 14.6 Å². The third-order valence-corrected chi connectivity index (χ3v) is 1.35. The van der Waals surface area contributed by atoms with E-state index in [1.807, 2.05) is 20.8 Å². The zero-order valence-electron chi connectivity index (χ0n) is 8.54. The maximum atomic E-state index is 11.2. The fraction of sp³-hybridized carbons (Fsp3) is 0.889. The van der Waals surface area contributed by atoms with E-state index >= 15 is 0 Å². The van der Waals surface area contributed by atoms with Crippen LogP contribution in [0.5, 0.6) is 0 Å². The van der Waals surface area contributed by atoms with Crippen LogP contribution in [0.4, 0.5) is 0 Å². The molecule has 78 valence electrons. The summed E-state index contributed by atoms with van der Waals surface area (Å²) < 4.78 is 5.05. The first-order valence-corrected chi connectivity index (χ1v) is 4.43.